The van der Waals surface area contributed by atoms with Crippen LogP contribution in [-0.4, -0.2) is 63.5 Å². The van der Waals surface area contributed by atoms with Gasteiger partial charge in [0, 0.05) is 37.3 Å². The number of benzene rings is 1. The molecule has 3 aromatic rings. The fraction of sp³-hybridized carbons (Fsp3) is 0.607. The molecule has 244 valence electrons. The first kappa shape index (κ1) is 34.5. The lowest BCUT2D eigenvalue weighted by Gasteiger charge is -2.32. The van der Waals surface area contributed by atoms with E-state index in [0.29, 0.717) is 42.2 Å². The van der Waals surface area contributed by atoms with Crippen molar-refractivity contribution in [2.45, 2.75) is 99.4 Å². The number of hydrogen-bond acceptors (Lipinski definition) is 8. The van der Waals surface area contributed by atoms with Crippen LogP contribution in [0.4, 0.5) is 24.9 Å². The topological polar surface area (TPSA) is 131 Å². The number of anilines is 2. The largest absolute Gasteiger partial charge is 0.416 e. The molecule has 44 heavy (non-hydrogen) atoms. The number of nitrogens with zero attached hydrogens (tertiary/aromatic N) is 5. The molecule has 4 N–H and O–H groups in total. The van der Waals surface area contributed by atoms with Gasteiger partial charge in [-0.15, -0.1) is 24.8 Å². The van der Waals surface area contributed by atoms with Crippen LogP contribution in [0.25, 0.3) is 11.2 Å². The summed E-state index contributed by atoms with van der Waals surface area (Å²) < 4.78 is 69.3. The molecule has 3 fully saturated rings. The summed E-state index contributed by atoms with van der Waals surface area (Å²) in [5.41, 5.74) is 6.57. The Morgan fingerprint density at radius 3 is 2.20 bits per heavy atom. The maximum absolute atomic E-state index is 13.2. The molecule has 0 atom stereocenters. The van der Waals surface area contributed by atoms with Crippen LogP contribution in [-0.2, 0) is 16.2 Å². The average Bonchev–Trinajstić information content (AvgIpc) is 3.65. The van der Waals surface area contributed by atoms with Gasteiger partial charge in [0.05, 0.1) is 16.8 Å². The van der Waals surface area contributed by atoms with Crippen LogP contribution in [0.3, 0.4) is 0 Å². The number of fused-ring (bicyclic) bond motifs is 1. The van der Waals surface area contributed by atoms with E-state index in [2.05, 4.69) is 20.2 Å². The molecular formula is C28H39Cl2F3N8O2S. The van der Waals surface area contributed by atoms with E-state index in [1.54, 1.807) is 0 Å². The number of nitrogens with two attached hydrogens (primary N) is 1. The monoisotopic (exact) mass is 678 g/mol. The first-order valence-corrected chi connectivity index (χ1v) is 16.2. The molecule has 10 nitrogen and oxygen atoms in total. The molecule has 0 unspecified atom stereocenters. The molecule has 1 aromatic carbocycles. The summed E-state index contributed by atoms with van der Waals surface area (Å²) in [5, 5.41) is 7.01. The van der Waals surface area contributed by atoms with Crippen molar-refractivity contribution < 1.29 is 21.6 Å². The van der Waals surface area contributed by atoms with Gasteiger partial charge in [0.1, 0.15) is 0 Å². The molecule has 1 saturated heterocycles. The first-order valence-electron chi connectivity index (χ1n) is 14.8. The van der Waals surface area contributed by atoms with Crippen molar-refractivity contribution in [2.24, 2.45) is 5.73 Å². The van der Waals surface area contributed by atoms with Gasteiger partial charge < -0.3 is 20.9 Å². The SMILES string of the molecule is Cl.Cl.NC1CCC(Nc2nc(NC3CCN(S(=O)(=O)c4cccc(C(F)(F)F)c4)CC3)c3ncn(C4CCCC4)c3n2)CC1. The second kappa shape index (κ2) is 13.9. The van der Waals surface area contributed by atoms with Crippen molar-refractivity contribution in [3.8, 4) is 0 Å². The zero-order chi connectivity index (χ0) is 29.5. The Bertz CT molecular complexity index is 1520. The number of aromatic nitrogens is 4. The minimum atomic E-state index is -4.62. The molecule has 1 aliphatic heterocycles. The summed E-state index contributed by atoms with van der Waals surface area (Å²) in [4.78, 5) is 14.0. The number of nitrogens with one attached hydrogen (secondary N) is 2. The lowest BCUT2D eigenvalue weighted by atomic mass is 9.92. The smallest absolute Gasteiger partial charge is 0.365 e. The van der Waals surface area contributed by atoms with E-state index in [9.17, 15) is 21.6 Å². The first-order chi connectivity index (χ1) is 20.1. The van der Waals surface area contributed by atoms with E-state index in [1.165, 1.54) is 23.2 Å². The third-order valence-corrected chi connectivity index (χ3v) is 10.7. The Hall–Kier alpha value is -2.39. The Balaban J connectivity index is 0.00000221. The fourth-order valence-corrected chi connectivity index (χ4v) is 7.91. The van der Waals surface area contributed by atoms with Gasteiger partial charge in [0.15, 0.2) is 17.0 Å². The van der Waals surface area contributed by atoms with E-state index in [4.69, 9.17) is 15.7 Å². The number of hydrogen-bond donors (Lipinski definition) is 3. The summed E-state index contributed by atoms with van der Waals surface area (Å²) in [6.07, 6.45) is 6.49. The van der Waals surface area contributed by atoms with E-state index >= 15 is 0 Å². The highest BCUT2D eigenvalue weighted by molar-refractivity contribution is 7.89. The standard InChI is InChI=1S/C28H37F3N8O2S.2ClH/c29-28(30,31)18-4-3-7-23(16-18)42(40,41)38-14-12-21(13-15-38)34-25-24-26(39(17-33-24)22-5-1-2-6-22)37-27(36-25)35-20-10-8-19(32)9-11-20;;/h3-4,7,16-17,19-22H,1-2,5-6,8-15,32H2,(H2,34,35,36,37);2*1H. The van der Waals surface area contributed by atoms with Crippen LogP contribution in [0.5, 0.6) is 0 Å². The second-order valence-electron chi connectivity index (χ2n) is 11.8. The number of piperidine rings is 1. The number of rotatable bonds is 7. The van der Waals surface area contributed by atoms with Crippen molar-refractivity contribution in [3.05, 3.63) is 36.2 Å². The van der Waals surface area contributed by atoms with Gasteiger partial charge in [-0.3, -0.25) is 0 Å². The van der Waals surface area contributed by atoms with Crippen molar-refractivity contribution >= 4 is 57.8 Å². The minimum Gasteiger partial charge on any atom is -0.365 e. The highest BCUT2D eigenvalue weighted by Crippen LogP contribution is 2.35. The third-order valence-electron chi connectivity index (χ3n) is 8.84. The summed E-state index contributed by atoms with van der Waals surface area (Å²) >= 11 is 0. The Kier molecular flexibility index (Phi) is 10.9. The lowest BCUT2D eigenvalue weighted by molar-refractivity contribution is -0.137. The van der Waals surface area contributed by atoms with Crippen LogP contribution >= 0.6 is 24.8 Å². The number of sulfonamides is 1. The molecule has 6 rings (SSSR count). The van der Waals surface area contributed by atoms with Crippen LogP contribution in [0.1, 0.15) is 75.8 Å². The second-order valence-corrected chi connectivity index (χ2v) is 13.7. The highest BCUT2D eigenvalue weighted by Gasteiger charge is 2.34. The lowest BCUT2D eigenvalue weighted by Crippen LogP contribution is -2.42. The molecule has 3 aliphatic rings. The van der Waals surface area contributed by atoms with Crippen LogP contribution in [0.2, 0.25) is 0 Å². The fourth-order valence-electron chi connectivity index (χ4n) is 6.39. The Labute approximate surface area is 267 Å². The molecule has 0 bridgehead atoms. The van der Waals surface area contributed by atoms with E-state index in [1.807, 2.05) is 6.33 Å². The van der Waals surface area contributed by atoms with Gasteiger partial charge in [0.25, 0.3) is 0 Å². The molecule has 2 aromatic heterocycles. The van der Waals surface area contributed by atoms with Gasteiger partial charge in [-0.2, -0.15) is 27.4 Å². The highest BCUT2D eigenvalue weighted by atomic mass is 35.5. The van der Waals surface area contributed by atoms with Crippen molar-refractivity contribution in [1.82, 2.24) is 23.8 Å². The van der Waals surface area contributed by atoms with Crippen molar-refractivity contribution in [2.75, 3.05) is 23.7 Å². The van der Waals surface area contributed by atoms with E-state index < -0.39 is 21.8 Å². The summed E-state index contributed by atoms with van der Waals surface area (Å²) in [5.74, 6) is 1.14. The van der Waals surface area contributed by atoms with Crippen molar-refractivity contribution in [1.29, 1.82) is 0 Å². The molecule has 2 aliphatic carbocycles. The number of halogens is 5. The van der Waals surface area contributed by atoms with E-state index in [0.717, 1.165) is 56.3 Å². The van der Waals surface area contributed by atoms with Gasteiger partial charge in [-0.05, 0) is 69.6 Å². The maximum Gasteiger partial charge on any atom is 0.416 e. The molecule has 16 heteroatoms. The van der Waals surface area contributed by atoms with Crippen LogP contribution in [0, 0.1) is 0 Å². The summed E-state index contributed by atoms with van der Waals surface area (Å²) in [6, 6.07) is 4.64. The predicted molar refractivity (Wildman–Crippen MR) is 168 cm³/mol. The molecule has 3 heterocycles. The third kappa shape index (κ3) is 7.35. The Morgan fingerprint density at radius 2 is 1.55 bits per heavy atom. The van der Waals surface area contributed by atoms with Crippen molar-refractivity contribution in [3.63, 3.8) is 0 Å². The average molecular weight is 680 g/mol. The quantitative estimate of drug-likeness (QED) is 0.288. The van der Waals surface area contributed by atoms with Crippen LogP contribution < -0.4 is 16.4 Å². The predicted octanol–water partition coefficient (Wildman–Crippen LogP) is 5.75. The van der Waals surface area contributed by atoms with Crippen LogP contribution in [0.15, 0.2) is 35.5 Å². The van der Waals surface area contributed by atoms with Gasteiger partial charge in [-0.25, -0.2) is 13.4 Å². The van der Waals surface area contributed by atoms with Gasteiger partial charge in [-0.1, -0.05) is 18.9 Å². The molecule has 0 radical (unpaired) electrons. The molecule has 0 amide bonds. The normalized spacial score (nSPS) is 22.4. The summed E-state index contributed by atoms with van der Waals surface area (Å²) in [7, 11) is -4.06. The maximum atomic E-state index is 13.2. The number of alkyl halides is 3. The van der Waals surface area contributed by atoms with E-state index in [-0.39, 0.29) is 60.9 Å². The molecule has 0 spiro atoms. The summed E-state index contributed by atoms with van der Waals surface area (Å²) in [6.45, 7) is 0.350. The molecule has 2 saturated carbocycles. The molecular weight excluding hydrogens is 640 g/mol. The van der Waals surface area contributed by atoms with Gasteiger partial charge in [0.2, 0.25) is 16.0 Å². The Morgan fingerprint density at radius 1 is 0.886 bits per heavy atom. The minimum absolute atomic E-state index is 0. The van der Waals surface area contributed by atoms with Gasteiger partial charge >= 0.3 is 6.18 Å². The number of imidazole rings is 1. The zero-order valence-electron chi connectivity index (χ0n) is 24.2. The zero-order valence-corrected chi connectivity index (χ0v) is 26.6.